The maximum absolute atomic E-state index is 14.2. The molecule has 0 atom stereocenters. The highest BCUT2D eigenvalue weighted by Gasteiger charge is 2.20. The molecule has 0 aliphatic rings. The van der Waals surface area contributed by atoms with Gasteiger partial charge in [-0.1, -0.05) is 17.8 Å². The van der Waals surface area contributed by atoms with Crippen LogP contribution in [0, 0.1) is 11.6 Å². The molecule has 0 unspecified atom stereocenters. The van der Waals surface area contributed by atoms with Crippen LogP contribution >= 0.6 is 11.8 Å². The molecule has 0 spiro atoms. The van der Waals surface area contributed by atoms with Gasteiger partial charge in [-0.05, 0) is 48.5 Å². The second kappa shape index (κ2) is 8.25. The average Bonchev–Trinajstić information content (AvgIpc) is 3.37. The number of halogens is 2. The highest BCUT2D eigenvalue weighted by atomic mass is 32.2. The van der Waals surface area contributed by atoms with Crippen molar-refractivity contribution in [2.75, 3.05) is 0 Å². The summed E-state index contributed by atoms with van der Waals surface area (Å²) in [6, 6.07) is 15.7. The molecule has 5 rings (SSSR count). The fourth-order valence-corrected chi connectivity index (χ4v) is 4.66. The number of aryl methyl sites for hydroxylation is 1. The first-order chi connectivity index (χ1) is 15.9. The quantitative estimate of drug-likeness (QED) is 0.340. The number of aromatic hydroxyl groups is 2. The topological polar surface area (TPSA) is 76.1 Å². The lowest BCUT2D eigenvalue weighted by Gasteiger charge is -2.12. The summed E-state index contributed by atoms with van der Waals surface area (Å²) in [7, 11) is 1.95. The average molecular weight is 464 g/mol. The zero-order valence-corrected chi connectivity index (χ0v) is 18.2. The summed E-state index contributed by atoms with van der Waals surface area (Å²) in [5.74, 6) is -1.17. The molecule has 0 aliphatic heterocycles. The minimum atomic E-state index is -0.629. The second-order valence-corrected chi connectivity index (χ2v) is 8.44. The molecule has 2 heterocycles. The van der Waals surface area contributed by atoms with E-state index in [2.05, 4.69) is 10.2 Å². The zero-order valence-electron chi connectivity index (χ0n) is 17.4. The Hall–Kier alpha value is -3.85. The summed E-state index contributed by atoms with van der Waals surface area (Å²) in [5, 5.41) is 30.0. The third-order valence-electron chi connectivity index (χ3n) is 5.39. The van der Waals surface area contributed by atoms with Crippen molar-refractivity contribution in [1.82, 2.24) is 19.3 Å². The van der Waals surface area contributed by atoms with Crippen LogP contribution in [0.25, 0.3) is 28.0 Å². The molecule has 0 amide bonds. The number of fused-ring (bicyclic) bond motifs is 1. The van der Waals surface area contributed by atoms with Gasteiger partial charge in [-0.2, -0.15) is 0 Å². The van der Waals surface area contributed by atoms with Crippen molar-refractivity contribution in [3.05, 3.63) is 84.1 Å². The van der Waals surface area contributed by atoms with E-state index in [1.54, 1.807) is 4.57 Å². The van der Waals surface area contributed by atoms with Gasteiger partial charge in [0.15, 0.2) is 11.0 Å². The Morgan fingerprint density at radius 1 is 0.939 bits per heavy atom. The molecule has 3 aromatic carbocycles. The predicted molar refractivity (Wildman–Crippen MR) is 123 cm³/mol. The number of phenols is 2. The Balaban J connectivity index is 1.63. The van der Waals surface area contributed by atoms with Gasteiger partial charge in [0.1, 0.15) is 23.1 Å². The Kier molecular flexibility index (Phi) is 5.26. The molecule has 2 aromatic heterocycles. The van der Waals surface area contributed by atoms with Crippen LogP contribution in [0.15, 0.2) is 72.0 Å². The first kappa shape index (κ1) is 21.0. The predicted octanol–water partition coefficient (Wildman–Crippen LogP) is 5.41. The maximum atomic E-state index is 14.2. The number of aromatic nitrogens is 4. The van der Waals surface area contributed by atoms with Crippen LogP contribution in [0.3, 0.4) is 0 Å². The monoisotopic (exact) mass is 464 g/mol. The van der Waals surface area contributed by atoms with Crippen LogP contribution in [0.1, 0.15) is 5.56 Å². The van der Waals surface area contributed by atoms with Crippen molar-refractivity contribution < 1.29 is 19.0 Å². The van der Waals surface area contributed by atoms with E-state index in [4.69, 9.17) is 0 Å². The van der Waals surface area contributed by atoms with Crippen LogP contribution in [0.5, 0.6) is 11.5 Å². The van der Waals surface area contributed by atoms with Gasteiger partial charge in [0.25, 0.3) is 0 Å². The number of benzene rings is 3. The van der Waals surface area contributed by atoms with Gasteiger partial charge in [-0.3, -0.25) is 4.57 Å². The SMILES string of the molecule is Cn1ccc2cc(-n3c(SCc4c(F)cccc4F)nnc3-c3ccc(O)cc3O)ccc21. The molecule has 0 fully saturated rings. The summed E-state index contributed by atoms with van der Waals surface area (Å²) < 4.78 is 32.0. The number of phenolic OH excluding ortho intramolecular Hbond substituents is 2. The normalized spacial score (nSPS) is 11.4. The van der Waals surface area contributed by atoms with Crippen molar-refractivity contribution >= 4 is 22.7 Å². The number of nitrogens with zero attached hydrogens (tertiary/aromatic N) is 4. The minimum Gasteiger partial charge on any atom is -0.508 e. The van der Waals surface area contributed by atoms with Crippen molar-refractivity contribution in [3.63, 3.8) is 0 Å². The van der Waals surface area contributed by atoms with E-state index in [1.165, 1.54) is 36.4 Å². The number of thioether (sulfide) groups is 1. The molecule has 0 saturated carbocycles. The molecule has 0 aliphatic carbocycles. The van der Waals surface area contributed by atoms with Gasteiger partial charge >= 0.3 is 0 Å². The van der Waals surface area contributed by atoms with E-state index in [1.807, 2.05) is 42.1 Å². The van der Waals surface area contributed by atoms with Crippen LogP contribution < -0.4 is 0 Å². The van der Waals surface area contributed by atoms with Gasteiger partial charge in [0.05, 0.1) is 11.3 Å². The highest BCUT2D eigenvalue weighted by Crippen LogP contribution is 2.36. The van der Waals surface area contributed by atoms with E-state index in [0.29, 0.717) is 16.5 Å². The molecule has 6 nitrogen and oxygen atoms in total. The van der Waals surface area contributed by atoms with E-state index < -0.39 is 11.6 Å². The number of hydrogen-bond acceptors (Lipinski definition) is 5. The van der Waals surface area contributed by atoms with E-state index in [-0.39, 0.29) is 22.8 Å². The molecule has 33 heavy (non-hydrogen) atoms. The van der Waals surface area contributed by atoms with Crippen molar-refractivity contribution in [2.24, 2.45) is 7.05 Å². The molecule has 0 saturated heterocycles. The second-order valence-electron chi connectivity index (χ2n) is 7.50. The van der Waals surface area contributed by atoms with E-state index >= 15 is 0 Å². The lowest BCUT2D eigenvalue weighted by atomic mass is 10.1. The lowest BCUT2D eigenvalue weighted by molar-refractivity contribution is 0.451. The summed E-state index contributed by atoms with van der Waals surface area (Å²) in [4.78, 5) is 0. The number of hydrogen-bond donors (Lipinski definition) is 2. The third kappa shape index (κ3) is 3.80. The summed E-state index contributed by atoms with van der Waals surface area (Å²) in [6.07, 6.45) is 1.95. The van der Waals surface area contributed by atoms with Gasteiger partial charge in [0, 0.05) is 41.5 Å². The van der Waals surface area contributed by atoms with Gasteiger partial charge in [-0.25, -0.2) is 8.78 Å². The standard InChI is InChI=1S/C24H18F2N4O2S/c1-29-10-9-14-11-15(5-8-21(14)29)30-23(17-7-6-16(31)12-22(17)32)27-28-24(30)33-13-18-19(25)3-2-4-20(18)26/h2-12,31-32H,13H2,1H3. The third-order valence-corrected chi connectivity index (χ3v) is 6.35. The summed E-state index contributed by atoms with van der Waals surface area (Å²) in [5.41, 5.74) is 2.06. The van der Waals surface area contributed by atoms with Crippen molar-refractivity contribution in [2.45, 2.75) is 10.9 Å². The molecule has 0 radical (unpaired) electrons. The van der Waals surface area contributed by atoms with Crippen molar-refractivity contribution in [3.8, 4) is 28.6 Å². The smallest absolute Gasteiger partial charge is 0.196 e. The molecule has 0 bridgehead atoms. The zero-order chi connectivity index (χ0) is 23.1. The Morgan fingerprint density at radius 3 is 2.48 bits per heavy atom. The first-order valence-electron chi connectivity index (χ1n) is 10.0. The lowest BCUT2D eigenvalue weighted by Crippen LogP contribution is -2.01. The molecular formula is C24H18F2N4O2S. The summed E-state index contributed by atoms with van der Waals surface area (Å²) >= 11 is 1.13. The number of rotatable bonds is 5. The Labute approximate surface area is 191 Å². The largest absolute Gasteiger partial charge is 0.508 e. The molecule has 2 N–H and O–H groups in total. The molecule has 5 aromatic rings. The van der Waals surface area contributed by atoms with E-state index in [0.717, 1.165) is 28.4 Å². The van der Waals surface area contributed by atoms with Crippen LogP contribution in [-0.2, 0) is 12.8 Å². The highest BCUT2D eigenvalue weighted by molar-refractivity contribution is 7.98. The van der Waals surface area contributed by atoms with Gasteiger partial charge in [0.2, 0.25) is 0 Å². The fraction of sp³-hybridized carbons (Fsp3) is 0.0833. The molecular weight excluding hydrogens is 446 g/mol. The fourth-order valence-electron chi connectivity index (χ4n) is 3.69. The Morgan fingerprint density at radius 2 is 1.73 bits per heavy atom. The van der Waals surface area contributed by atoms with Gasteiger partial charge in [-0.15, -0.1) is 10.2 Å². The summed E-state index contributed by atoms with van der Waals surface area (Å²) in [6.45, 7) is 0. The first-order valence-corrected chi connectivity index (χ1v) is 11.0. The Bertz CT molecular complexity index is 1480. The minimum absolute atomic E-state index is 0.00574. The molecule has 9 heteroatoms. The van der Waals surface area contributed by atoms with E-state index in [9.17, 15) is 19.0 Å². The maximum Gasteiger partial charge on any atom is 0.196 e. The van der Waals surface area contributed by atoms with Crippen LogP contribution in [0.4, 0.5) is 8.78 Å². The van der Waals surface area contributed by atoms with Crippen molar-refractivity contribution in [1.29, 1.82) is 0 Å². The van der Waals surface area contributed by atoms with Crippen LogP contribution in [0.2, 0.25) is 0 Å². The molecule has 166 valence electrons. The van der Waals surface area contributed by atoms with Gasteiger partial charge < -0.3 is 14.8 Å². The van der Waals surface area contributed by atoms with Crippen LogP contribution in [-0.4, -0.2) is 29.5 Å².